The summed E-state index contributed by atoms with van der Waals surface area (Å²) in [5.74, 6) is -0.765. The third kappa shape index (κ3) is 3.43. The maximum Gasteiger partial charge on any atom is 0.305 e. The summed E-state index contributed by atoms with van der Waals surface area (Å²) in [6.45, 7) is 6.21. The molecule has 0 aromatic heterocycles. The molecule has 1 rings (SSSR count). The highest BCUT2D eigenvalue weighted by molar-refractivity contribution is 5.68. The van der Waals surface area contributed by atoms with Crippen molar-refractivity contribution in [2.45, 2.75) is 18.9 Å². The van der Waals surface area contributed by atoms with Gasteiger partial charge in [-0.2, -0.15) is 0 Å². The predicted octanol–water partition coefficient (Wildman–Crippen LogP) is 0.114. The van der Waals surface area contributed by atoms with Crippen molar-refractivity contribution in [3.05, 3.63) is 0 Å². The van der Waals surface area contributed by atoms with E-state index in [0.29, 0.717) is 6.61 Å². The first-order valence-electron chi connectivity index (χ1n) is 5.62. The van der Waals surface area contributed by atoms with Gasteiger partial charge in [0.1, 0.15) is 0 Å². The minimum atomic E-state index is -0.765. The van der Waals surface area contributed by atoms with E-state index in [9.17, 15) is 4.79 Å². The summed E-state index contributed by atoms with van der Waals surface area (Å²) in [7, 11) is 3.71. The zero-order valence-corrected chi connectivity index (χ0v) is 10.4. The molecule has 0 aromatic rings. The first-order chi connectivity index (χ1) is 7.48. The maximum absolute atomic E-state index is 10.9. The first-order valence-corrected chi connectivity index (χ1v) is 5.62. The van der Waals surface area contributed by atoms with Gasteiger partial charge in [0.15, 0.2) is 0 Å². The third-order valence-corrected chi connectivity index (χ3v) is 3.25. The van der Waals surface area contributed by atoms with Gasteiger partial charge in [0.2, 0.25) is 0 Å². The Kier molecular flexibility index (Phi) is 4.70. The van der Waals surface area contributed by atoms with Crippen molar-refractivity contribution in [2.75, 3.05) is 46.9 Å². The molecule has 0 radical (unpaired) electrons. The smallest absolute Gasteiger partial charge is 0.305 e. The Morgan fingerprint density at radius 1 is 1.38 bits per heavy atom. The number of carboxylic acid groups (broad SMARTS) is 1. The lowest BCUT2D eigenvalue weighted by Crippen LogP contribution is -2.57. The molecule has 1 saturated heterocycles. The molecular weight excluding hydrogens is 208 g/mol. The summed E-state index contributed by atoms with van der Waals surface area (Å²) < 4.78 is 5.17. The molecule has 1 aliphatic heterocycles. The van der Waals surface area contributed by atoms with Crippen LogP contribution in [0.2, 0.25) is 0 Å². The molecule has 0 spiro atoms. The fraction of sp³-hybridized carbons (Fsp3) is 0.909. The molecule has 1 unspecified atom stereocenters. The van der Waals surface area contributed by atoms with Gasteiger partial charge < -0.3 is 14.7 Å². The lowest BCUT2D eigenvalue weighted by atomic mass is 9.95. The minimum absolute atomic E-state index is 0.130. The van der Waals surface area contributed by atoms with Crippen LogP contribution in [0, 0.1) is 0 Å². The Hall–Kier alpha value is -0.650. The molecule has 1 fully saturated rings. The Bertz CT molecular complexity index is 239. The summed E-state index contributed by atoms with van der Waals surface area (Å²) in [4.78, 5) is 15.4. The van der Waals surface area contributed by atoms with Crippen LogP contribution in [0.25, 0.3) is 0 Å². The Labute approximate surface area is 97.0 Å². The van der Waals surface area contributed by atoms with Gasteiger partial charge in [-0.3, -0.25) is 9.69 Å². The molecule has 0 saturated carbocycles. The second kappa shape index (κ2) is 5.61. The maximum atomic E-state index is 10.9. The SMILES string of the molecule is COCC(C)(CC(=O)O)N1CCN(C)CC1. The monoisotopic (exact) mass is 230 g/mol. The Morgan fingerprint density at radius 2 is 1.94 bits per heavy atom. The molecule has 1 N–H and O–H groups in total. The number of carboxylic acids is 1. The topological polar surface area (TPSA) is 53.0 Å². The molecule has 0 amide bonds. The summed E-state index contributed by atoms with van der Waals surface area (Å²) in [5.41, 5.74) is -0.387. The highest BCUT2D eigenvalue weighted by Gasteiger charge is 2.35. The van der Waals surface area contributed by atoms with Crippen molar-refractivity contribution in [3.63, 3.8) is 0 Å². The van der Waals surface area contributed by atoms with Crippen LogP contribution in [0.1, 0.15) is 13.3 Å². The van der Waals surface area contributed by atoms with E-state index < -0.39 is 5.97 Å². The molecule has 5 heteroatoms. The lowest BCUT2D eigenvalue weighted by Gasteiger charge is -2.44. The molecule has 1 atom stereocenters. The molecule has 16 heavy (non-hydrogen) atoms. The number of hydrogen-bond donors (Lipinski definition) is 1. The van der Waals surface area contributed by atoms with E-state index in [-0.39, 0.29) is 12.0 Å². The van der Waals surface area contributed by atoms with Crippen LogP contribution >= 0.6 is 0 Å². The predicted molar refractivity (Wildman–Crippen MR) is 61.6 cm³/mol. The number of nitrogens with zero attached hydrogens (tertiary/aromatic N) is 2. The molecule has 1 aliphatic rings. The molecule has 0 bridgehead atoms. The van der Waals surface area contributed by atoms with Crippen LogP contribution in [-0.2, 0) is 9.53 Å². The fourth-order valence-corrected chi connectivity index (χ4v) is 2.24. The number of rotatable bonds is 5. The molecule has 0 aromatic carbocycles. The van der Waals surface area contributed by atoms with Crippen molar-refractivity contribution in [3.8, 4) is 0 Å². The largest absolute Gasteiger partial charge is 0.481 e. The van der Waals surface area contributed by atoms with E-state index in [1.54, 1.807) is 7.11 Å². The lowest BCUT2D eigenvalue weighted by molar-refractivity contribution is -0.142. The van der Waals surface area contributed by atoms with Crippen LogP contribution < -0.4 is 0 Å². The number of aliphatic carboxylic acids is 1. The fourth-order valence-electron chi connectivity index (χ4n) is 2.24. The van der Waals surface area contributed by atoms with Crippen molar-refractivity contribution in [2.24, 2.45) is 0 Å². The van der Waals surface area contributed by atoms with Gasteiger partial charge in [0.05, 0.1) is 18.6 Å². The zero-order valence-electron chi connectivity index (χ0n) is 10.4. The highest BCUT2D eigenvalue weighted by atomic mass is 16.5. The third-order valence-electron chi connectivity index (χ3n) is 3.25. The molecule has 5 nitrogen and oxygen atoms in total. The van der Waals surface area contributed by atoms with Crippen LogP contribution in [0.15, 0.2) is 0 Å². The summed E-state index contributed by atoms with van der Waals surface area (Å²) >= 11 is 0. The number of ether oxygens (including phenoxy) is 1. The summed E-state index contributed by atoms with van der Waals surface area (Å²) in [6.07, 6.45) is 0.130. The summed E-state index contributed by atoms with van der Waals surface area (Å²) in [5, 5.41) is 8.97. The molecule has 0 aliphatic carbocycles. The zero-order chi connectivity index (χ0) is 12.2. The van der Waals surface area contributed by atoms with E-state index in [1.807, 2.05) is 6.92 Å². The number of likely N-dealkylation sites (N-methyl/N-ethyl adjacent to an activating group) is 1. The van der Waals surface area contributed by atoms with Crippen molar-refractivity contribution >= 4 is 5.97 Å². The first kappa shape index (κ1) is 13.4. The Balaban J connectivity index is 2.64. The van der Waals surface area contributed by atoms with Crippen LogP contribution in [0.3, 0.4) is 0 Å². The van der Waals surface area contributed by atoms with Crippen LogP contribution in [0.4, 0.5) is 0 Å². The molecule has 1 heterocycles. The van der Waals surface area contributed by atoms with Crippen LogP contribution in [0.5, 0.6) is 0 Å². The summed E-state index contributed by atoms with van der Waals surface area (Å²) in [6, 6.07) is 0. The normalized spacial score (nSPS) is 22.9. The van der Waals surface area contributed by atoms with E-state index in [4.69, 9.17) is 9.84 Å². The second-order valence-electron chi connectivity index (χ2n) is 4.79. The van der Waals surface area contributed by atoms with E-state index in [0.717, 1.165) is 26.2 Å². The second-order valence-corrected chi connectivity index (χ2v) is 4.79. The van der Waals surface area contributed by atoms with Gasteiger partial charge in [-0.15, -0.1) is 0 Å². The van der Waals surface area contributed by atoms with Crippen molar-refractivity contribution in [1.29, 1.82) is 0 Å². The Morgan fingerprint density at radius 3 is 2.38 bits per heavy atom. The average Bonchev–Trinajstić information content (AvgIpc) is 2.17. The number of piperazine rings is 1. The van der Waals surface area contributed by atoms with Crippen molar-refractivity contribution in [1.82, 2.24) is 9.80 Å². The number of methoxy groups -OCH3 is 1. The van der Waals surface area contributed by atoms with Gasteiger partial charge in [-0.25, -0.2) is 0 Å². The molecular formula is C11H22N2O3. The van der Waals surface area contributed by atoms with Gasteiger partial charge in [-0.05, 0) is 14.0 Å². The van der Waals surface area contributed by atoms with Crippen molar-refractivity contribution < 1.29 is 14.6 Å². The molecule has 94 valence electrons. The highest BCUT2D eigenvalue weighted by Crippen LogP contribution is 2.21. The number of carbonyl (C=O) groups is 1. The van der Waals surface area contributed by atoms with E-state index in [1.165, 1.54) is 0 Å². The van der Waals surface area contributed by atoms with E-state index >= 15 is 0 Å². The number of hydrogen-bond acceptors (Lipinski definition) is 4. The van der Waals surface area contributed by atoms with Crippen LogP contribution in [-0.4, -0.2) is 73.4 Å². The quantitative estimate of drug-likeness (QED) is 0.726. The van der Waals surface area contributed by atoms with Gasteiger partial charge in [0.25, 0.3) is 0 Å². The van der Waals surface area contributed by atoms with E-state index in [2.05, 4.69) is 16.8 Å². The van der Waals surface area contributed by atoms with Gasteiger partial charge >= 0.3 is 5.97 Å². The minimum Gasteiger partial charge on any atom is -0.481 e. The van der Waals surface area contributed by atoms with Gasteiger partial charge in [0, 0.05) is 33.3 Å². The van der Waals surface area contributed by atoms with Gasteiger partial charge in [-0.1, -0.05) is 0 Å². The standard InChI is InChI=1S/C11H22N2O3/c1-11(9-16-3,8-10(14)15)13-6-4-12(2)5-7-13/h4-9H2,1-3H3,(H,14,15). The average molecular weight is 230 g/mol.